The van der Waals surface area contributed by atoms with Gasteiger partial charge in [0.15, 0.2) is 11.5 Å². The molecule has 0 aliphatic carbocycles. The third-order valence-electron chi connectivity index (χ3n) is 5.67. The Morgan fingerprint density at radius 1 is 1.22 bits per heavy atom. The minimum atomic E-state index is -0.531. The molecule has 0 radical (unpaired) electrons. The maximum atomic E-state index is 13.7. The normalized spacial score (nSPS) is 14.8. The largest absolute Gasteiger partial charge is 0.492 e. The number of anilines is 2. The number of fused-ring (bicyclic) bond motifs is 1. The van der Waals surface area contributed by atoms with Gasteiger partial charge in [0, 0.05) is 17.1 Å². The third-order valence-corrected chi connectivity index (χ3v) is 7.31. The van der Waals surface area contributed by atoms with Crippen LogP contribution >= 0.6 is 27.7 Å². The Morgan fingerprint density at radius 2 is 1.97 bits per heavy atom. The number of aromatic nitrogens is 3. The Labute approximate surface area is 224 Å². The lowest BCUT2D eigenvalue weighted by atomic mass is 9.94. The average Bonchev–Trinajstić information content (AvgIpc) is 3.25. The first-order chi connectivity index (χ1) is 17.4. The Balaban J connectivity index is 1.83. The number of carbonyl (C=O) groups is 1. The molecule has 190 valence electrons. The molecule has 36 heavy (non-hydrogen) atoms. The van der Waals surface area contributed by atoms with E-state index in [4.69, 9.17) is 14.6 Å². The van der Waals surface area contributed by atoms with Gasteiger partial charge in [0.2, 0.25) is 11.1 Å². The predicted molar refractivity (Wildman–Crippen MR) is 147 cm³/mol. The zero-order valence-electron chi connectivity index (χ0n) is 21.0. The molecule has 2 heterocycles. The molecule has 0 saturated heterocycles. The van der Waals surface area contributed by atoms with Crippen molar-refractivity contribution in [1.82, 2.24) is 14.8 Å². The van der Waals surface area contributed by atoms with Crippen molar-refractivity contribution in [2.24, 2.45) is 0 Å². The molecule has 0 fully saturated rings. The molecule has 8 nitrogen and oxygen atoms in total. The number of hydrogen-bond donors (Lipinski definition) is 2. The Morgan fingerprint density at radius 3 is 2.64 bits per heavy atom. The number of benzene rings is 2. The van der Waals surface area contributed by atoms with E-state index in [-0.39, 0.29) is 5.91 Å². The van der Waals surface area contributed by atoms with Crippen LogP contribution in [-0.2, 0) is 4.79 Å². The number of aryl methyl sites for hydroxylation is 1. The van der Waals surface area contributed by atoms with Crippen molar-refractivity contribution in [3.8, 4) is 11.5 Å². The monoisotopic (exact) mass is 571 g/mol. The van der Waals surface area contributed by atoms with Gasteiger partial charge in [-0.05, 0) is 73.0 Å². The molecule has 1 amide bonds. The van der Waals surface area contributed by atoms with E-state index in [9.17, 15) is 4.79 Å². The van der Waals surface area contributed by atoms with Crippen LogP contribution in [0.4, 0.5) is 11.6 Å². The second-order valence-electron chi connectivity index (χ2n) is 8.36. The molecular weight excluding hydrogens is 542 g/mol. The fraction of sp³-hybridized carbons (Fsp3) is 0.346. The highest BCUT2D eigenvalue weighted by atomic mass is 79.9. The summed E-state index contributed by atoms with van der Waals surface area (Å²) in [6.45, 7) is 8.41. The number of allylic oxidation sites excluding steroid dienone is 1. The van der Waals surface area contributed by atoms with Crippen LogP contribution in [0.5, 0.6) is 11.5 Å². The summed E-state index contributed by atoms with van der Waals surface area (Å²) in [5, 5.41) is 11.8. The molecule has 0 bridgehead atoms. The topological polar surface area (TPSA) is 90.3 Å². The molecule has 10 heteroatoms. The summed E-state index contributed by atoms with van der Waals surface area (Å²) in [6, 6.07) is 11.0. The number of halogens is 1. The van der Waals surface area contributed by atoms with Crippen LogP contribution < -0.4 is 20.1 Å². The Bertz CT molecular complexity index is 1290. The van der Waals surface area contributed by atoms with Crippen LogP contribution in [0.15, 0.2) is 57.3 Å². The number of rotatable bonds is 9. The van der Waals surface area contributed by atoms with Gasteiger partial charge in [-0.3, -0.25) is 4.79 Å². The van der Waals surface area contributed by atoms with E-state index in [1.165, 1.54) is 0 Å². The van der Waals surface area contributed by atoms with E-state index in [1.54, 1.807) is 23.6 Å². The lowest BCUT2D eigenvalue weighted by Gasteiger charge is -2.29. The van der Waals surface area contributed by atoms with Crippen molar-refractivity contribution in [1.29, 1.82) is 0 Å². The van der Waals surface area contributed by atoms with Crippen LogP contribution in [0.2, 0.25) is 0 Å². The molecule has 3 aromatic rings. The number of thioether (sulfide) groups is 1. The van der Waals surface area contributed by atoms with Gasteiger partial charge in [0.05, 0.1) is 23.8 Å². The van der Waals surface area contributed by atoms with Gasteiger partial charge in [-0.1, -0.05) is 36.4 Å². The van der Waals surface area contributed by atoms with Gasteiger partial charge in [0.25, 0.3) is 5.91 Å². The first-order valence-corrected chi connectivity index (χ1v) is 13.6. The molecule has 4 rings (SSSR count). The Hall–Kier alpha value is -2.98. The molecule has 1 aliphatic rings. The molecule has 1 unspecified atom stereocenters. The Kier molecular flexibility index (Phi) is 8.25. The van der Waals surface area contributed by atoms with Gasteiger partial charge in [0.1, 0.15) is 6.04 Å². The number of nitrogens with zero attached hydrogens (tertiary/aromatic N) is 3. The van der Waals surface area contributed by atoms with Crippen LogP contribution in [0.25, 0.3) is 0 Å². The third kappa shape index (κ3) is 5.39. The van der Waals surface area contributed by atoms with Crippen molar-refractivity contribution < 1.29 is 14.3 Å². The van der Waals surface area contributed by atoms with E-state index in [2.05, 4.69) is 38.5 Å². The van der Waals surface area contributed by atoms with Crippen LogP contribution in [0.3, 0.4) is 0 Å². The highest BCUT2D eigenvalue weighted by Gasteiger charge is 2.35. The van der Waals surface area contributed by atoms with E-state index in [1.807, 2.05) is 57.2 Å². The quantitative estimate of drug-likeness (QED) is 0.296. The minimum Gasteiger partial charge on any atom is -0.492 e. The summed E-state index contributed by atoms with van der Waals surface area (Å²) in [5.41, 5.74) is 3.91. The SMILES string of the molecule is CCCSc1nc2n(n1)C(c1cc(Br)c(OC)c(OCC)c1)C(C(=O)Nc1ccc(C)cc1)=C(C)N2. The number of hydrogen-bond acceptors (Lipinski definition) is 7. The van der Waals surface area contributed by atoms with Crippen molar-refractivity contribution in [3.05, 3.63) is 63.3 Å². The average molecular weight is 573 g/mol. The lowest BCUT2D eigenvalue weighted by molar-refractivity contribution is -0.113. The maximum Gasteiger partial charge on any atom is 0.255 e. The summed E-state index contributed by atoms with van der Waals surface area (Å²) >= 11 is 5.21. The second-order valence-corrected chi connectivity index (χ2v) is 10.3. The highest BCUT2D eigenvalue weighted by Crippen LogP contribution is 2.43. The van der Waals surface area contributed by atoms with E-state index in [0.29, 0.717) is 40.5 Å². The molecule has 0 spiro atoms. The molecule has 0 saturated carbocycles. The van der Waals surface area contributed by atoms with Crippen LogP contribution in [-0.4, -0.2) is 40.1 Å². The molecule has 2 aromatic carbocycles. The molecule has 2 N–H and O–H groups in total. The number of amides is 1. The summed E-state index contributed by atoms with van der Waals surface area (Å²) in [6.07, 6.45) is 1.01. The first kappa shape index (κ1) is 26.1. The van der Waals surface area contributed by atoms with Crippen LogP contribution in [0.1, 0.15) is 44.4 Å². The van der Waals surface area contributed by atoms with E-state index in [0.717, 1.165) is 33.5 Å². The van der Waals surface area contributed by atoms with Gasteiger partial charge < -0.3 is 20.1 Å². The first-order valence-electron chi connectivity index (χ1n) is 11.8. The fourth-order valence-corrected chi connectivity index (χ4v) is 5.34. The number of methoxy groups -OCH3 is 1. The lowest BCUT2D eigenvalue weighted by Crippen LogP contribution is -2.31. The summed E-state index contributed by atoms with van der Waals surface area (Å²) in [4.78, 5) is 18.4. The highest BCUT2D eigenvalue weighted by molar-refractivity contribution is 9.10. The standard InChI is InChI=1S/C26H30BrN5O3S/c1-6-12-36-26-30-25-28-16(4)21(24(33)29-18-10-8-15(3)9-11-18)22(32(25)31-26)17-13-19(27)23(34-5)20(14-17)35-7-2/h8-11,13-14,22H,6-7,12H2,1-5H3,(H,29,33)(H,28,30,31). The molecule has 1 aromatic heterocycles. The van der Waals surface area contributed by atoms with Crippen molar-refractivity contribution >= 4 is 45.2 Å². The van der Waals surface area contributed by atoms with Gasteiger partial charge in [-0.2, -0.15) is 4.98 Å². The van der Waals surface area contributed by atoms with E-state index >= 15 is 0 Å². The summed E-state index contributed by atoms with van der Waals surface area (Å²) < 4.78 is 13.9. The molecule has 1 aliphatic heterocycles. The number of carbonyl (C=O) groups excluding carboxylic acids is 1. The minimum absolute atomic E-state index is 0.220. The molecule has 1 atom stereocenters. The predicted octanol–water partition coefficient (Wildman–Crippen LogP) is 6.19. The number of nitrogens with one attached hydrogen (secondary N) is 2. The maximum absolute atomic E-state index is 13.7. The zero-order valence-corrected chi connectivity index (χ0v) is 23.4. The smallest absolute Gasteiger partial charge is 0.255 e. The second kappa shape index (κ2) is 11.4. The van der Waals surface area contributed by atoms with Gasteiger partial charge in [-0.25, -0.2) is 4.68 Å². The number of ether oxygens (including phenoxy) is 2. The van der Waals surface area contributed by atoms with Gasteiger partial charge >= 0.3 is 0 Å². The summed E-state index contributed by atoms with van der Waals surface area (Å²) in [5.74, 6) is 2.46. The van der Waals surface area contributed by atoms with E-state index < -0.39 is 6.04 Å². The van der Waals surface area contributed by atoms with Crippen LogP contribution in [0, 0.1) is 6.92 Å². The van der Waals surface area contributed by atoms with Gasteiger partial charge in [-0.15, -0.1) is 5.10 Å². The van der Waals surface area contributed by atoms with Crippen molar-refractivity contribution in [3.63, 3.8) is 0 Å². The fourth-order valence-electron chi connectivity index (χ4n) is 4.03. The zero-order chi connectivity index (χ0) is 25.8. The molecular formula is C26H30BrN5O3S. The summed E-state index contributed by atoms with van der Waals surface area (Å²) in [7, 11) is 1.60. The van der Waals surface area contributed by atoms with Crippen molar-refractivity contribution in [2.45, 2.75) is 45.3 Å². The van der Waals surface area contributed by atoms with Crippen molar-refractivity contribution in [2.75, 3.05) is 30.1 Å².